The van der Waals surface area contributed by atoms with Crippen LogP contribution in [0.4, 0.5) is 17.1 Å². The van der Waals surface area contributed by atoms with Crippen LogP contribution in [-0.4, -0.2) is 36.0 Å². The quantitative estimate of drug-likeness (QED) is 0.183. The van der Waals surface area contributed by atoms with Gasteiger partial charge in [-0.15, -0.1) is 11.3 Å². The van der Waals surface area contributed by atoms with E-state index in [2.05, 4.69) is 22.3 Å². The van der Waals surface area contributed by atoms with Crippen molar-refractivity contribution in [3.63, 3.8) is 0 Å². The minimum Gasteiger partial charge on any atom is -0.388 e. The Bertz CT molecular complexity index is 1300. The second-order valence-corrected chi connectivity index (χ2v) is 11.1. The van der Waals surface area contributed by atoms with Gasteiger partial charge in [0.25, 0.3) is 5.91 Å². The van der Waals surface area contributed by atoms with E-state index >= 15 is 0 Å². The second-order valence-electron chi connectivity index (χ2n) is 8.34. The van der Waals surface area contributed by atoms with E-state index in [0.717, 1.165) is 34.8 Å². The molecule has 1 aliphatic heterocycles. The molecule has 1 aliphatic rings. The zero-order valence-electron chi connectivity index (χ0n) is 22.9. The largest absolute Gasteiger partial charge is 0.388 e. The van der Waals surface area contributed by atoms with Crippen molar-refractivity contribution in [2.45, 2.75) is 44.7 Å². The minimum absolute atomic E-state index is 0.197. The third kappa shape index (κ3) is 9.19. The van der Waals surface area contributed by atoms with Gasteiger partial charge in [0, 0.05) is 35.4 Å². The summed E-state index contributed by atoms with van der Waals surface area (Å²) in [6.07, 6.45) is 5.69. The number of fused-ring (bicyclic) bond motifs is 1. The third-order valence-electron chi connectivity index (χ3n) is 5.51. The number of nitrogens with one attached hydrogen (secondary N) is 3. The highest BCUT2D eigenvalue weighted by Gasteiger charge is 2.32. The van der Waals surface area contributed by atoms with Crippen molar-refractivity contribution >= 4 is 57.6 Å². The summed E-state index contributed by atoms with van der Waals surface area (Å²) in [6, 6.07) is 16.5. The lowest BCUT2D eigenvalue weighted by Gasteiger charge is -2.27. The minimum atomic E-state index is -1.36. The number of carbonyl (C=O) groups excluding carboxylic acids is 3. The number of carbonyl (C=O) groups is 3. The average molecular weight is 569 g/mol. The number of anilines is 3. The van der Waals surface area contributed by atoms with Gasteiger partial charge in [-0.1, -0.05) is 19.1 Å². The molecule has 0 saturated heterocycles. The van der Waals surface area contributed by atoms with Crippen LogP contribution in [0.15, 0.2) is 71.0 Å². The summed E-state index contributed by atoms with van der Waals surface area (Å²) in [7, 11) is 0.464. The first-order chi connectivity index (χ1) is 18.8. The topological polar surface area (TPSA) is 108 Å². The molecule has 3 aromatic rings. The summed E-state index contributed by atoms with van der Waals surface area (Å²) in [5.41, 5.74) is 3.86. The maximum absolute atomic E-state index is 12.8. The van der Waals surface area contributed by atoms with Crippen molar-refractivity contribution in [1.29, 1.82) is 0 Å². The Kier molecular flexibility index (Phi) is 13.1. The van der Waals surface area contributed by atoms with Gasteiger partial charge >= 0.3 is 0 Å². The highest BCUT2D eigenvalue weighted by Crippen LogP contribution is 2.28. The molecule has 4 rings (SSSR count). The summed E-state index contributed by atoms with van der Waals surface area (Å²) in [5, 5.41) is 6.31. The van der Waals surface area contributed by atoms with Crippen LogP contribution in [0.5, 0.6) is 0 Å². The number of nitrogens with zero attached hydrogens (tertiary/aromatic N) is 1. The van der Waals surface area contributed by atoms with E-state index in [9.17, 15) is 18.6 Å². The van der Waals surface area contributed by atoms with Gasteiger partial charge in [0.1, 0.15) is 4.21 Å². The third-order valence-corrected chi connectivity index (χ3v) is 7.82. The molecular formula is C29H36N4O4S2. The van der Waals surface area contributed by atoms with E-state index in [1.165, 1.54) is 16.2 Å². The number of aryl methyl sites for hydroxylation is 1. The van der Waals surface area contributed by atoms with E-state index in [1.807, 2.05) is 70.3 Å². The van der Waals surface area contributed by atoms with E-state index in [4.69, 9.17) is 0 Å². The summed E-state index contributed by atoms with van der Waals surface area (Å²) >= 11 is 1.41. The number of allylic oxidation sites excluding steroid dienone is 2. The molecule has 2 aromatic carbocycles. The molecule has 1 aromatic heterocycles. The van der Waals surface area contributed by atoms with Gasteiger partial charge < -0.3 is 10.6 Å². The van der Waals surface area contributed by atoms with Gasteiger partial charge in [0.15, 0.2) is 11.0 Å². The monoisotopic (exact) mass is 568 g/mol. The summed E-state index contributed by atoms with van der Waals surface area (Å²) in [4.78, 5) is 37.5. The number of hydrogen-bond acceptors (Lipinski definition) is 7. The van der Waals surface area contributed by atoms with Crippen molar-refractivity contribution in [2.24, 2.45) is 0 Å². The second kappa shape index (κ2) is 16.3. The Morgan fingerprint density at radius 3 is 2.21 bits per heavy atom. The molecular weight excluding hydrogens is 532 g/mol. The molecule has 208 valence electrons. The molecule has 1 atom stereocenters. The lowest BCUT2D eigenvalue weighted by molar-refractivity contribution is -0.117. The number of thiophene rings is 1. The fourth-order valence-electron chi connectivity index (χ4n) is 3.46. The Hall–Kier alpha value is -3.76. The Morgan fingerprint density at radius 2 is 1.67 bits per heavy atom. The number of amides is 3. The molecule has 0 radical (unpaired) electrons. The molecule has 0 spiro atoms. The van der Waals surface area contributed by atoms with Gasteiger partial charge in [0.05, 0.1) is 12.1 Å². The molecule has 8 nitrogen and oxygen atoms in total. The Morgan fingerprint density at radius 1 is 1.00 bits per heavy atom. The van der Waals surface area contributed by atoms with Gasteiger partial charge in [-0.2, -0.15) is 0 Å². The average Bonchev–Trinajstić information content (AvgIpc) is 3.39. The van der Waals surface area contributed by atoms with E-state index in [1.54, 1.807) is 24.3 Å². The molecule has 3 amide bonds. The molecule has 0 fully saturated rings. The standard InChI is InChI=1S/C19H21N3O2.C6H7NO2S2.C4H8/c1-3-10-21-15-6-9-17-13(11-15)12-18(23)22(19(17)24)16-7-4-14(20-2)5-8-16;1-5-2-3-6(10-5)11(9)7-4-8;1-3-4-2/h4-9,11,20-21H,3,10,12H2,1-2H3;2-4H,1H3,(H,7,8);3-4H,1-2H3/b;;4-3+. The predicted molar refractivity (Wildman–Crippen MR) is 162 cm³/mol. The fourth-order valence-corrected chi connectivity index (χ4v) is 5.28. The highest BCUT2D eigenvalue weighted by molar-refractivity contribution is 7.85. The first-order valence-electron chi connectivity index (χ1n) is 12.6. The maximum atomic E-state index is 12.8. The van der Waals surface area contributed by atoms with Gasteiger partial charge in [-0.25, -0.2) is 9.11 Å². The van der Waals surface area contributed by atoms with Crippen molar-refractivity contribution < 1.29 is 18.6 Å². The van der Waals surface area contributed by atoms with Crippen LogP contribution >= 0.6 is 11.3 Å². The normalized spacial score (nSPS) is 12.9. The van der Waals surface area contributed by atoms with Crippen LogP contribution in [-0.2, 0) is 27.0 Å². The molecule has 2 heterocycles. The molecule has 0 bridgehead atoms. The van der Waals surface area contributed by atoms with Crippen molar-refractivity contribution in [2.75, 3.05) is 29.1 Å². The Balaban J connectivity index is 0.000000295. The first-order valence-corrected chi connectivity index (χ1v) is 14.5. The van der Waals surface area contributed by atoms with Crippen LogP contribution in [0, 0.1) is 6.92 Å². The Labute approximate surface area is 237 Å². The smallest absolute Gasteiger partial charge is 0.265 e. The molecule has 39 heavy (non-hydrogen) atoms. The first kappa shape index (κ1) is 31.5. The number of hydrogen-bond donors (Lipinski definition) is 3. The number of benzene rings is 2. The lowest BCUT2D eigenvalue weighted by atomic mass is 9.97. The van der Waals surface area contributed by atoms with Gasteiger partial charge in [-0.05, 0) is 87.4 Å². The van der Waals surface area contributed by atoms with Crippen molar-refractivity contribution in [1.82, 2.24) is 4.72 Å². The van der Waals surface area contributed by atoms with E-state index in [-0.39, 0.29) is 18.2 Å². The van der Waals surface area contributed by atoms with Crippen molar-refractivity contribution in [3.8, 4) is 0 Å². The summed E-state index contributed by atoms with van der Waals surface area (Å²) in [5.74, 6) is -0.460. The fraction of sp³-hybridized carbons (Fsp3) is 0.276. The van der Waals surface area contributed by atoms with Gasteiger partial charge in [-0.3, -0.25) is 19.1 Å². The molecule has 0 saturated carbocycles. The van der Waals surface area contributed by atoms with Crippen LogP contribution in [0.1, 0.15) is 48.0 Å². The van der Waals surface area contributed by atoms with Crippen LogP contribution in [0.25, 0.3) is 0 Å². The van der Waals surface area contributed by atoms with E-state index in [0.29, 0.717) is 21.9 Å². The predicted octanol–water partition coefficient (Wildman–Crippen LogP) is 5.69. The summed E-state index contributed by atoms with van der Waals surface area (Å²) in [6.45, 7) is 8.88. The van der Waals surface area contributed by atoms with Gasteiger partial charge in [0.2, 0.25) is 12.3 Å². The number of rotatable bonds is 8. The molecule has 1 unspecified atom stereocenters. The molecule has 3 N–H and O–H groups in total. The maximum Gasteiger partial charge on any atom is 0.265 e. The molecule has 10 heteroatoms. The van der Waals surface area contributed by atoms with Crippen LogP contribution in [0.2, 0.25) is 0 Å². The SMILES string of the molecule is C/C=C/C.CCCNc1ccc2c(c1)CC(=O)N(c1ccc(NC)cc1)C2=O.Cc1ccc(S(=O)NC=O)s1. The highest BCUT2D eigenvalue weighted by atomic mass is 32.2. The zero-order valence-corrected chi connectivity index (χ0v) is 24.6. The number of imide groups is 1. The van der Waals surface area contributed by atoms with Crippen molar-refractivity contribution in [3.05, 3.63) is 82.8 Å². The zero-order chi connectivity index (χ0) is 28.8. The lowest BCUT2D eigenvalue weighted by Crippen LogP contribution is -2.42. The van der Waals surface area contributed by atoms with E-state index < -0.39 is 11.0 Å². The summed E-state index contributed by atoms with van der Waals surface area (Å²) < 4.78 is 13.9. The van der Waals surface area contributed by atoms with Crippen LogP contribution in [0.3, 0.4) is 0 Å². The molecule has 0 aliphatic carbocycles. The van der Waals surface area contributed by atoms with Crippen LogP contribution < -0.4 is 20.3 Å².